The van der Waals surface area contributed by atoms with Crippen molar-refractivity contribution >= 4 is 6.03 Å². The number of carbonyl (C=O) groups is 1. The zero-order valence-corrected chi connectivity index (χ0v) is 11.7. The number of hydrogen-bond donors (Lipinski definition) is 2. The zero-order chi connectivity index (χ0) is 14.7. The second-order valence-corrected chi connectivity index (χ2v) is 5.45. The molecule has 1 aliphatic heterocycles. The lowest BCUT2D eigenvalue weighted by molar-refractivity contribution is 0.120. The van der Waals surface area contributed by atoms with Crippen molar-refractivity contribution in [1.82, 2.24) is 4.90 Å². The van der Waals surface area contributed by atoms with Gasteiger partial charge in [0.2, 0.25) is 0 Å². The third kappa shape index (κ3) is 3.10. The number of primary amides is 1. The van der Waals surface area contributed by atoms with Gasteiger partial charge in [-0.1, -0.05) is 6.07 Å². The summed E-state index contributed by atoms with van der Waals surface area (Å²) in [5, 5.41) is 9.09. The van der Waals surface area contributed by atoms with Crippen molar-refractivity contribution in [1.29, 1.82) is 0 Å². The Kier molecular flexibility index (Phi) is 4.60. The summed E-state index contributed by atoms with van der Waals surface area (Å²) in [5.41, 5.74) is 7.22. The Labute approximate surface area is 118 Å². The van der Waals surface area contributed by atoms with Crippen LogP contribution in [0.1, 0.15) is 36.4 Å². The first-order valence-corrected chi connectivity index (χ1v) is 6.96. The summed E-state index contributed by atoms with van der Waals surface area (Å²) in [6.07, 6.45) is 2.33. The molecule has 1 heterocycles. The number of aliphatic hydroxyl groups excluding tert-OH is 1. The van der Waals surface area contributed by atoms with Gasteiger partial charge in [0.1, 0.15) is 5.82 Å². The predicted octanol–water partition coefficient (Wildman–Crippen LogP) is 2.35. The van der Waals surface area contributed by atoms with Crippen molar-refractivity contribution in [3.63, 3.8) is 0 Å². The van der Waals surface area contributed by atoms with Crippen LogP contribution in [0.5, 0.6) is 0 Å². The Morgan fingerprint density at radius 3 is 2.90 bits per heavy atom. The van der Waals surface area contributed by atoms with Crippen molar-refractivity contribution in [2.45, 2.75) is 32.2 Å². The third-order valence-corrected chi connectivity index (χ3v) is 4.12. The summed E-state index contributed by atoms with van der Waals surface area (Å²) in [6.45, 7) is 2.57. The minimum absolute atomic E-state index is 0.126. The lowest BCUT2D eigenvalue weighted by Crippen LogP contribution is -2.44. The Bertz CT molecular complexity index is 493. The molecule has 2 unspecified atom stereocenters. The molecule has 0 spiro atoms. The lowest BCUT2D eigenvalue weighted by atomic mass is 9.84. The number of nitrogens with two attached hydrogens (primary N) is 1. The Morgan fingerprint density at radius 1 is 1.55 bits per heavy atom. The highest BCUT2D eigenvalue weighted by molar-refractivity contribution is 5.72. The van der Waals surface area contributed by atoms with Gasteiger partial charge in [0, 0.05) is 13.2 Å². The molecule has 2 amide bonds. The highest BCUT2D eigenvalue weighted by Gasteiger charge is 2.32. The monoisotopic (exact) mass is 280 g/mol. The minimum atomic E-state index is -0.443. The van der Waals surface area contributed by atoms with Gasteiger partial charge in [-0.15, -0.1) is 0 Å². The van der Waals surface area contributed by atoms with E-state index in [2.05, 4.69) is 0 Å². The molecule has 0 aliphatic carbocycles. The van der Waals surface area contributed by atoms with Crippen LogP contribution in [0.15, 0.2) is 18.2 Å². The van der Waals surface area contributed by atoms with E-state index in [1.54, 1.807) is 11.0 Å². The van der Waals surface area contributed by atoms with Gasteiger partial charge in [-0.3, -0.25) is 0 Å². The number of aliphatic hydroxyl groups is 1. The Hall–Kier alpha value is -1.62. The van der Waals surface area contributed by atoms with E-state index in [0.717, 1.165) is 30.4 Å². The number of nitrogens with zero attached hydrogens (tertiary/aromatic N) is 1. The molecule has 20 heavy (non-hydrogen) atoms. The van der Waals surface area contributed by atoms with Crippen LogP contribution in [0.2, 0.25) is 0 Å². The average Bonchev–Trinajstić information content (AvgIpc) is 2.38. The number of aryl methyl sites for hydroxylation is 1. The largest absolute Gasteiger partial charge is 0.396 e. The number of rotatable bonds is 3. The lowest BCUT2D eigenvalue weighted by Gasteiger charge is -2.39. The normalized spacial score (nSPS) is 22.9. The summed E-state index contributed by atoms with van der Waals surface area (Å²) in [5.74, 6) is 0.0876. The number of likely N-dealkylation sites (tertiary alicyclic amines) is 1. The fraction of sp³-hybridized carbons (Fsp3) is 0.533. The first kappa shape index (κ1) is 14.8. The van der Waals surface area contributed by atoms with E-state index in [4.69, 9.17) is 10.8 Å². The minimum Gasteiger partial charge on any atom is -0.396 e. The van der Waals surface area contributed by atoms with Gasteiger partial charge in [0.25, 0.3) is 0 Å². The van der Waals surface area contributed by atoms with Crippen LogP contribution >= 0.6 is 0 Å². The Morgan fingerprint density at radius 2 is 2.30 bits per heavy atom. The number of hydrogen-bond acceptors (Lipinski definition) is 2. The maximum atomic E-state index is 13.2. The molecule has 1 saturated heterocycles. The third-order valence-electron chi connectivity index (χ3n) is 4.12. The summed E-state index contributed by atoms with van der Waals surface area (Å²) >= 11 is 0. The smallest absolute Gasteiger partial charge is 0.315 e. The van der Waals surface area contributed by atoms with Crippen LogP contribution in [0.25, 0.3) is 0 Å². The van der Waals surface area contributed by atoms with Crippen LogP contribution < -0.4 is 5.73 Å². The highest BCUT2D eigenvalue weighted by Crippen LogP contribution is 2.36. The molecule has 0 bridgehead atoms. The van der Waals surface area contributed by atoms with Gasteiger partial charge in [0.05, 0.1) is 6.04 Å². The summed E-state index contributed by atoms with van der Waals surface area (Å²) in [4.78, 5) is 13.3. The molecule has 1 fully saturated rings. The molecule has 3 N–H and O–H groups in total. The fourth-order valence-electron chi connectivity index (χ4n) is 3.05. The predicted molar refractivity (Wildman–Crippen MR) is 74.6 cm³/mol. The molecule has 1 aromatic rings. The maximum absolute atomic E-state index is 13.2. The quantitative estimate of drug-likeness (QED) is 0.892. The number of piperidine rings is 1. The van der Waals surface area contributed by atoms with E-state index < -0.39 is 6.03 Å². The van der Waals surface area contributed by atoms with Crippen LogP contribution in [0.3, 0.4) is 0 Å². The van der Waals surface area contributed by atoms with Gasteiger partial charge < -0.3 is 15.7 Å². The van der Waals surface area contributed by atoms with E-state index in [0.29, 0.717) is 12.5 Å². The van der Waals surface area contributed by atoms with Crippen molar-refractivity contribution in [3.05, 3.63) is 35.1 Å². The highest BCUT2D eigenvalue weighted by atomic mass is 19.1. The van der Waals surface area contributed by atoms with Gasteiger partial charge in [-0.2, -0.15) is 0 Å². The number of carbonyl (C=O) groups excluding carboxylic acids is 1. The van der Waals surface area contributed by atoms with Crippen LogP contribution in [0.4, 0.5) is 9.18 Å². The van der Waals surface area contributed by atoms with E-state index in [1.165, 1.54) is 12.1 Å². The Balaban J connectivity index is 2.28. The number of amides is 2. The SMILES string of the molecule is Cc1cc(F)ccc1C1CC(CCO)CCN1C(N)=O. The molecule has 5 heteroatoms. The van der Waals surface area contributed by atoms with Gasteiger partial charge >= 0.3 is 6.03 Å². The number of urea groups is 1. The molecule has 0 aromatic heterocycles. The molecule has 0 saturated carbocycles. The topological polar surface area (TPSA) is 66.6 Å². The first-order valence-electron chi connectivity index (χ1n) is 6.96. The molecule has 110 valence electrons. The fourth-order valence-corrected chi connectivity index (χ4v) is 3.05. The van der Waals surface area contributed by atoms with Crippen LogP contribution in [-0.2, 0) is 0 Å². The summed E-state index contributed by atoms with van der Waals surface area (Å²) in [7, 11) is 0. The molecule has 4 nitrogen and oxygen atoms in total. The van der Waals surface area contributed by atoms with Crippen molar-refractivity contribution in [2.24, 2.45) is 11.7 Å². The van der Waals surface area contributed by atoms with E-state index in [-0.39, 0.29) is 18.5 Å². The van der Waals surface area contributed by atoms with Crippen molar-refractivity contribution < 1.29 is 14.3 Å². The van der Waals surface area contributed by atoms with Gasteiger partial charge in [0.15, 0.2) is 0 Å². The maximum Gasteiger partial charge on any atom is 0.315 e. The van der Waals surface area contributed by atoms with Crippen LogP contribution in [-0.4, -0.2) is 29.2 Å². The van der Waals surface area contributed by atoms with E-state index >= 15 is 0 Å². The van der Waals surface area contributed by atoms with Crippen molar-refractivity contribution in [3.8, 4) is 0 Å². The molecule has 2 atom stereocenters. The molecule has 2 rings (SSSR count). The number of benzene rings is 1. The zero-order valence-electron chi connectivity index (χ0n) is 11.7. The number of halogens is 1. The molecule has 1 aromatic carbocycles. The summed E-state index contributed by atoms with van der Waals surface area (Å²) < 4.78 is 13.2. The second kappa shape index (κ2) is 6.22. The van der Waals surface area contributed by atoms with E-state index in [1.807, 2.05) is 6.92 Å². The average molecular weight is 280 g/mol. The standard InChI is InChI=1S/C15H21FN2O2/c1-10-8-12(16)2-3-13(10)14-9-11(5-7-19)4-6-18(14)15(17)20/h2-3,8,11,14,19H,4-7,9H2,1H3,(H2,17,20). The molecule has 0 radical (unpaired) electrons. The molecular weight excluding hydrogens is 259 g/mol. The van der Waals surface area contributed by atoms with Crippen LogP contribution in [0, 0.1) is 18.7 Å². The van der Waals surface area contributed by atoms with Gasteiger partial charge in [-0.25, -0.2) is 9.18 Å². The second-order valence-electron chi connectivity index (χ2n) is 5.45. The first-order chi connectivity index (χ1) is 9.52. The molecular formula is C15H21FN2O2. The molecule has 1 aliphatic rings. The van der Waals surface area contributed by atoms with Crippen molar-refractivity contribution in [2.75, 3.05) is 13.2 Å². The summed E-state index contributed by atoms with van der Waals surface area (Å²) in [6, 6.07) is 4.05. The van der Waals surface area contributed by atoms with Gasteiger partial charge in [-0.05, 0) is 55.4 Å². The van der Waals surface area contributed by atoms with E-state index in [9.17, 15) is 9.18 Å².